The summed E-state index contributed by atoms with van der Waals surface area (Å²) in [5.41, 5.74) is 1.71. The quantitative estimate of drug-likeness (QED) is 0.646. The van der Waals surface area contributed by atoms with Gasteiger partial charge < -0.3 is 14.8 Å². The molecule has 2 aromatic carbocycles. The lowest BCUT2D eigenvalue weighted by atomic mass is 10.2. The Morgan fingerprint density at radius 2 is 1.68 bits per heavy atom. The maximum atomic E-state index is 11.8. The van der Waals surface area contributed by atoms with Gasteiger partial charge >= 0.3 is 11.9 Å². The van der Waals surface area contributed by atoms with E-state index in [0.717, 1.165) is 5.56 Å². The van der Waals surface area contributed by atoms with E-state index >= 15 is 0 Å². The van der Waals surface area contributed by atoms with Gasteiger partial charge in [0.2, 0.25) is 0 Å². The molecule has 0 saturated heterocycles. The predicted molar refractivity (Wildman–Crippen MR) is 92.8 cm³/mol. The lowest BCUT2D eigenvalue weighted by molar-refractivity contribution is -0.142. The van der Waals surface area contributed by atoms with Crippen molar-refractivity contribution >= 4 is 29.6 Å². The molecule has 0 radical (unpaired) electrons. The average Bonchev–Trinajstić information content (AvgIpc) is 2.65. The summed E-state index contributed by atoms with van der Waals surface area (Å²) < 4.78 is 9.45. The number of rotatable bonds is 6. The summed E-state index contributed by atoms with van der Waals surface area (Å²) in [7, 11) is 1.29. The Labute approximate surface area is 145 Å². The first kappa shape index (κ1) is 17.9. The molecule has 6 nitrogen and oxygen atoms in total. The number of esters is 2. The van der Waals surface area contributed by atoms with Gasteiger partial charge in [-0.25, -0.2) is 9.59 Å². The first-order valence-electron chi connectivity index (χ1n) is 7.46. The SMILES string of the molecule is COC(=O)c1ccc(NC(=O)COC(=O)C=Cc2ccccc2)cc1. The summed E-state index contributed by atoms with van der Waals surface area (Å²) in [6, 6.07) is 15.4. The Morgan fingerprint density at radius 1 is 1.00 bits per heavy atom. The minimum absolute atomic E-state index is 0.373. The van der Waals surface area contributed by atoms with E-state index in [-0.39, 0.29) is 0 Å². The fourth-order valence-corrected chi connectivity index (χ4v) is 1.92. The molecule has 0 aliphatic carbocycles. The second-order valence-electron chi connectivity index (χ2n) is 4.97. The van der Waals surface area contributed by atoms with Crippen molar-refractivity contribution in [3.05, 3.63) is 71.8 Å². The van der Waals surface area contributed by atoms with Crippen LogP contribution in [-0.2, 0) is 19.1 Å². The van der Waals surface area contributed by atoms with E-state index in [1.807, 2.05) is 30.3 Å². The van der Waals surface area contributed by atoms with Crippen molar-refractivity contribution in [3.8, 4) is 0 Å². The van der Waals surface area contributed by atoms with Crippen LogP contribution in [0, 0.1) is 0 Å². The Balaban J connectivity index is 1.79. The highest BCUT2D eigenvalue weighted by Gasteiger charge is 2.08. The van der Waals surface area contributed by atoms with Gasteiger partial charge in [-0.2, -0.15) is 0 Å². The standard InChI is InChI=1S/C19H17NO5/c1-24-19(23)15-8-10-16(11-9-15)20-17(21)13-25-18(22)12-7-14-5-3-2-4-6-14/h2-12H,13H2,1H3,(H,20,21). The van der Waals surface area contributed by atoms with Gasteiger partial charge in [-0.15, -0.1) is 0 Å². The summed E-state index contributed by atoms with van der Waals surface area (Å²) in [5.74, 6) is -1.55. The number of hydrogen-bond acceptors (Lipinski definition) is 5. The predicted octanol–water partition coefficient (Wildman–Crippen LogP) is 2.67. The molecule has 128 valence electrons. The number of carbonyl (C=O) groups is 3. The van der Waals surface area contributed by atoms with E-state index < -0.39 is 24.5 Å². The lowest BCUT2D eigenvalue weighted by Gasteiger charge is -2.06. The minimum atomic E-state index is -0.611. The summed E-state index contributed by atoms with van der Waals surface area (Å²) >= 11 is 0. The van der Waals surface area contributed by atoms with Gasteiger partial charge in [-0.3, -0.25) is 4.79 Å². The Morgan fingerprint density at radius 3 is 2.32 bits per heavy atom. The maximum absolute atomic E-state index is 11.8. The van der Waals surface area contributed by atoms with Gasteiger partial charge in [-0.05, 0) is 35.9 Å². The third-order valence-corrected chi connectivity index (χ3v) is 3.15. The largest absolute Gasteiger partial charge is 0.465 e. The van der Waals surface area contributed by atoms with Crippen molar-refractivity contribution < 1.29 is 23.9 Å². The van der Waals surface area contributed by atoms with Crippen LogP contribution in [0.2, 0.25) is 0 Å². The van der Waals surface area contributed by atoms with Crippen molar-refractivity contribution in [2.24, 2.45) is 0 Å². The van der Waals surface area contributed by atoms with Gasteiger partial charge in [0, 0.05) is 11.8 Å². The van der Waals surface area contributed by atoms with Gasteiger partial charge in [0.25, 0.3) is 5.91 Å². The van der Waals surface area contributed by atoms with E-state index in [9.17, 15) is 14.4 Å². The molecule has 2 rings (SSSR count). The number of carbonyl (C=O) groups excluding carboxylic acids is 3. The molecule has 6 heteroatoms. The monoisotopic (exact) mass is 339 g/mol. The van der Waals surface area contributed by atoms with Crippen LogP contribution in [0.1, 0.15) is 15.9 Å². The van der Waals surface area contributed by atoms with E-state index in [2.05, 4.69) is 10.1 Å². The highest BCUT2D eigenvalue weighted by molar-refractivity contribution is 5.95. The van der Waals surface area contributed by atoms with Gasteiger partial charge in [0.15, 0.2) is 6.61 Å². The third-order valence-electron chi connectivity index (χ3n) is 3.15. The Bertz CT molecular complexity index is 766. The van der Waals surface area contributed by atoms with Gasteiger partial charge in [-0.1, -0.05) is 30.3 Å². The zero-order valence-electron chi connectivity index (χ0n) is 13.6. The van der Waals surface area contributed by atoms with Crippen molar-refractivity contribution in [1.82, 2.24) is 0 Å². The molecular formula is C19H17NO5. The number of methoxy groups -OCH3 is 1. The second kappa shape index (κ2) is 9.02. The van der Waals surface area contributed by atoms with Crippen molar-refractivity contribution in [3.63, 3.8) is 0 Å². The third kappa shape index (κ3) is 5.95. The second-order valence-corrected chi connectivity index (χ2v) is 4.97. The molecule has 0 fully saturated rings. The molecule has 25 heavy (non-hydrogen) atoms. The molecule has 0 atom stereocenters. The molecule has 0 saturated carbocycles. The van der Waals surface area contributed by atoms with Crippen molar-refractivity contribution in [2.75, 3.05) is 19.0 Å². The summed E-state index contributed by atoms with van der Waals surface area (Å²) in [4.78, 5) is 34.7. The van der Waals surface area contributed by atoms with E-state index in [4.69, 9.17) is 4.74 Å². The molecule has 0 heterocycles. The van der Waals surface area contributed by atoms with Crippen LogP contribution in [0.5, 0.6) is 0 Å². The van der Waals surface area contributed by atoms with Crippen molar-refractivity contribution in [1.29, 1.82) is 0 Å². The minimum Gasteiger partial charge on any atom is -0.465 e. The Kier molecular flexibility index (Phi) is 6.47. The zero-order chi connectivity index (χ0) is 18.1. The first-order valence-corrected chi connectivity index (χ1v) is 7.46. The Hall–Kier alpha value is -3.41. The smallest absolute Gasteiger partial charge is 0.337 e. The molecule has 0 bridgehead atoms. The molecule has 0 unspecified atom stereocenters. The summed E-state index contributed by atoms with van der Waals surface area (Å²) in [5, 5.41) is 2.56. The van der Waals surface area contributed by atoms with Crippen LogP contribution in [0.15, 0.2) is 60.7 Å². The first-order chi connectivity index (χ1) is 12.1. The summed E-state index contributed by atoms with van der Waals surface area (Å²) in [6.07, 6.45) is 2.86. The molecular weight excluding hydrogens is 322 g/mol. The van der Waals surface area contributed by atoms with E-state index in [1.54, 1.807) is 18.2 Å². The number of amides is 1. The topological polar surface area (TPSA) is 81.7 Å². The number of ether oxygens (including phenoxy) is 2. The number of hydrogen-bond donors (Lipinski definition) is 1. The highest BCUT2D eigenvalue weighted by Crippen LogP contribution is 2.10. The number of nitrogens with one attached hydrogen (secondary N) is 1. The number of anilines is 1. The number of benzene rings is 2. The van der Waals surface area contributed by atoms with Crippen LogP contribution in [0.25, 0.3) is 6.08 Å². The normalized spacial score (nSPS) is 10.3. The maximum Gasteiger partial charge on any atom is 0.337 e. The van der Waals surface area contributed by atoms with Gasteiger partial charge in [0.05, 0.1) is 12.7 Å². The van der Waals surface area contributed by atoms with Crippen LogP contribution in [0.4, 0.5) is 5.69 Å². The summed E-state index contributed by atoms with van der Waals surface area (Å²) in [6.45, 7) is -0.406. The van der Waals surface area contributed by atoms with Crippen LogP contribution in [-0.4, -0.2) is 31.6 Å². The fraction of sp³-hybridized carbons (Fsp3) is 0.105. The molecule has 0 aliphatic rings. The fourth-order valence-electron chi connectivity index (χ4n) is 1.92. The van der Waals surface area contributed by atoms with Crippen LogP contribution < -0.4 is 5.32 Å². The van der Waals surface area contributed by atoms with Crippen LogP contribution in [0.3, 0.4) is 0 Å². The van der Waals surface area contributed by atoms with Crippen LogP contribution >= 0.6 is 0 Å². The molecule has 1 N–H and O–H groups in total. The molecule has 2 aromatic rings. The molecule has 1 amide bonds. The van der Waals surface area contributed by atoms with Gasteiger partial charge in [0.1, 0.15) is 0 Å². The van der Waals surface area contributed by atoms with E-state index in [0.29, 0.717) is 11.3 Å². The lowest BCUT2D eigenvalue weighted by Crippen LogP contribution is -2.20. The van der Waals surface area contributed by atoms with E-state index in [1.165, 1.54) is 25.3 Å². The zero-order valence-corrected chi connectivity index (χ0v) is 13.6. The molecule has 0 aliphatic heterocycles. The average molecular weight is 339 g/mol. The van der Waals surface area contributed by atoms with Crippen molar-refractivity contribution in [2.45, 2.75) is 0 Å². The highest BCUT2D eigenvalue weighted by atomic mass is 16.5. The molecule has 0 spiro atoms. The molecule has 0 aromatic heterocycles.